The Labute approximate surface area is 124 Å². The normalized spacial score (nSPS) is 29.8. The van der Waals surface area contributed by atoms with E-state index < -0.39 is 47.8 Å². The van der Waals surface area contributed by atoms with Crippen molar-refractivity contribution in [1.82, 2.24) is 0 Å². The second-order valence-corrected chi connectivity index (χ2v) is 4.59. The van der Waals surface area contributed by atoms with Crippen molar-refractivity contribution in [2.45, 2.75) is 47.8 Å². The van der Waals surface area contributed by atoms with Crippen molar-refractivity contribution in [3.05, 3.63) is 0 Å². The lowest BCUT2D eigenvalue weighted by atomic mass is 9.86. The van der Waals surface area contributed by atoms with Gasteiger partial charge in [0.15, 0.2) is 0 Å². The number of epoxide rings is 1. The van der Waals surface area contributed by atoms with Gasteiger partial charge in [0.2, 0.25) is 0 Å². The third-order valence-electron chi connectivity index (χ3n) is 3.06. The minimum Gasteiger partial charge on any atom is -0.308 e. The SMILES string of the molecule is FC(F)(F)C(F)(F)C(F)(F)C(F)(F)C1(C(F)(F)F)OC1(F)C(F)(F)F. The van der Waals surface area contributed by atoms with E-state index in [1.54, 1.807) is 0 Å². The lowest BCUT2D eigenvalue weighted by molar-refractivity contribution is -0.418. The molecule has 0 spiro atoms. The molecular formula is C8F16O. The van der Waals surface area contributed by atoms with Crippen LogP contribution < -0.4 is 0 Å². The minimum atomic E-state index is -8.17. The van der Waals surface area contributed by atoms with Crippen molar-refractivity contribution in [1.29, 1.82) is 0 Å². The molecule has 1 saturated heterocycles. The molecule has 0 aromatic carbocycles. The zero-order valence-corrected chi connectivity index (χ0v) is 10.5. The number of hydrogen-bond acceptors (Lipinski definition) is 1. The standard InChI is InChI=1S/C8F16O/c9-2(10,3(11,12)4(13,14)7(19,20)21)1(6(16,17)18)5(15,25-1)8(22,23)24. The van der Waals surface area contributed by atoms with Gasteiger partial charge in [-0.1, -0.05) is 0 Å². The van der Waals surface area contributed by atoms with Crippen LogP contribution in [-0.4, -0.2) is 47.8 Å². The van der Waals surface area contributed by atoms with E-state index in [2.05, 4.69) is 0 Å². The Bertz CT molecular complexity index is 538. The molecule has 25 heavy (non-hydrogen) atoms. The van der Waals surface area contributed by atoms with Crippen molar-refractivity contribution < 1.29 is 75.0 Å². The van der Waals surface area contributed by atoms with Gasteiger partial charge < -0.3 is 4.74 Å². The summed E-state index contributed by atoms with van der Waals surface area (Å²) in [5, 5.41) is 0. The third kappa shape index (κ3) is 2.29. The van der Waals surface area contributed by atoms with Gasteiger partial charge in [-0.25, -0.2) is 0 Å². The molecule has 0 saturated carbocycles. The van der Waals surface area contributed by atoms with Gasteiger partial charge in [-0.3, -0.25) is 0 Å². The molecule has 0 aromatic rings. The van der Waals surface area contributed by atoms with Crippen molar-refractivity contribution in [3.63, 3.8) is 0 Å². The molecule has 0 amide bonds. The Balaban J connectivity index is 3.69. The molecule has 0 radical (unpaired) electrons. The monoisotopic (exact) mass is 416 g/mol. The molecule has 17 heteroatoms. The van der Waals surface area contributed by atoms with Gasteiger partial charge in [0.1, 0.15) is 0 Å². The summed E-state index contributed by atoms with van der Waals surface area (Å²) in [6.45, 7) is 0. The fourth-order valence-corrected chi connectivity index (χ4v) is 1.72. The highest BCUT2D eigenvalue weighted by Crippen LogP contribution is 2.74. The summed E-state index contributed by atoms with van der Waals surface area (Å²) in [6, 6.07) is 0. The van der Waals surface area contributed by atoms with Crippen LogP contribution in [-0.2, 0) is 4.74 Å². The molecule has 150 valence electrons. The Morgan fingerprint density at radius 3 is 1.08 bits per heavy atom. The van der Waals surface area contributed by atoms with Crippen LogP contribution in [0.3, 0.4) is 0 Å². The predicted molar refractivity (Wildman–Crippen MR) is 40.7 cm³/mol. The summed E-state index contributed by atoms with van der Waals surface area (Å²) < 4.78 is 202. The summed E-state index contributed by atoms with van der Waals surface area (Å²) in [5.41, 5.74) is -7.02. The first-order valence-electron chi connectivity index (χ1n) is 5.18. The number of hydrogen-bond donors (Lipinski definition) is 0. The van der Waals surface area contributed by atoms with Gasteiger partial charge in [0.05, 0.1) is 0 Å². The summed E-state index contributed by atoms with van der Waals surface area (Å²) in [7, 11) is 0. The van der Waals surface area contributed by atoms with Gasteiger partial charge in [0.25, 0.3) is 0 Å². The van der Waals surface area contributed by atoms with E-state index in [0.29, 0.717) is 0 Å². The molecule has 1 fully saturated rings. The molecule has 2 atom stereocenters. The summed E-state index contributed by atoms with van der Waals surface area (Å²) in [5.74, 6) is -30.9. The van der Waals surface area contributed by atoms with Crippen molar-refractivity contribution >= 4 is 0 Å². The molecule has 1 heterocycles. The quantitative estimate of drug-likeness (QED) is 0.466. The summed E-state index contributed by atoms with van der Waals surface area (Å²) in [4.78, 5) is 0. The predicted octanol–water partition coefficient (Wildman–Crippen LogP) is 5.01. The maximum Gasteiger partial charge on any atom is 0.460 e. The van der Waals surface area contributed by atoms with Crippen LogP contribution in [0.5, 0.6) is 0 Å². The highest BCUT2D eigenvalue weighted by Gasteiger charge is 3.07. The average Bonchev–Trinajstić information content (AvgIpc) is 2.96. The molecule has 1 nitrogen and oxygen atoms in total. The van der Waals surface area contributed by atoms with E-state index in [1.807, 2.05) is 4.74 Å². The van der Waals surface area contributed by atoms with Crippen LogP contribution in [0.2, 0.25) is 0 Å². The van der Waals surface area contributed by atoms with E-state index in [-0.39, 0.29) is 0 Å². The maximum absolute atomic E-state index is 13.3. The summed E-state index contributed by atoms with van der Waals surface area (Å²) >= 11 is 0. The first-order chi connectivity index (χ1) is 10.5. The van der Waals surface area contributed by atoms with E-state index >= 15 is 0 Å². The largest absolute Gasteiger partial charge is 0.460 e. The molecule has 1 aliphatic rings. The van der Waals surface area contributed by atoms with Crippen LogP contribution in [0.4, 0.5) is 70.2 Å². The number of halogens is 16. The number of rotatable bonds is 3. The fourth-order valence-electron chi connectivity index (χ4n) is 1.72. The molecule has 0 bridgehead atoms. The smallest absolute Gasteiger partial charge is 0.308 e. The Kier molecular flexibility index (Phi) is 4.17. The topological polar surface area (TPSA) is 12.5 Å². The minimum absolute atomic E-state index is 2.03. The van der Waals surface area contributed by atoms with Crippen molar-refractivity contribution in [3.8, 4) is 0 Å². The lowest BCUT2D eigenvalue weighted by Gasteiger charge is -2.37. The first-order valence-corrected chi connectivity index (χ1v) is 5.18. The van der Waals surface area contributed by atoms with Crippen LogP contribution in [0.25, 0.3) is 0 Å². The van der Waals surface area contributed by atoms with Crippen LogP contribution in [0, 0.1) is 0 Å². The van der Waals surface area contributed by atoms with Crippen molar-refractivity contribution in [2.24, 2.45) is 0 Å². The van der Waals surface area contributed by atoms with E-state index in [4.69, 9.17) is 0 Å². The Morgan fingerprint density at radius 2 is 0.880 bits per heavy atom. The van der Waals surface area contributed by atoms with E-state index in [0.717, 1.165) is 0 Å². The Morgan fingerprint density at radius 1 is 0.520 bits per heavy atom. The van der Waals surface area contributed by atoms with Gasteiger partial charge in [-0.05, 0) is 0 Å². The molecule has 2 unspecified atom stereocenters. The maximum atomic E-state index is 13.3. The van der Waals surface area contributed by atoms with Gasteiger partial charge in [0, 0.05) is 0 Å². The zero-order valence-electron chi connectivity index (χ0n) is 10.5. The summed E-state index contributed by atoms with van der Waals surface area (Å²) in [6.07, 6.45) is -22.2. The van der Waals surface area contributed by atoms with Crippen LogP contribution in [0.15, 0.2) is 0 Å². The van der Waals surface area contributed by atoms with Crippen LogP contribution in [0.1, 0.15) is 0 Å². The molecule has 0 N–H and O–H groups in total. The van der Waals surface area contributed by atoms with Crippen molar-refractivity contribution in [2.75, 3.05) is 0 Å². The Hall–Kier alpha value is -1.16. The fraction of sp³-hybridized carbons (Fsp3) is 1.00. The van der Waals surface area contributed by atoms with E-state index in [1.165, 1.54) is 0 Å². The molecule has 1 rings (SSSR count). The lowest BCUT2D eigenvalue weighted by Crippen LogP contribution is -2.70. The van der Waals surface area contributed by atoms with E-state index in [9.17, 15) is 70.2 Å². The van der Waals surface area contributed by atoms with Gasteiger partial charge in [-0.15, -0.1) is 0 Å². The highest BCUT2D eigenvalue weighted by molar-refractivity contribution is 5.28. The zero-order chi connectivity index (χ0) is 20.7. The van der Waals surface area contributed by atoms with Gasteiger partial charge in [-0.2, -0.15) is 70.2 Å². The van der Waals surface area contributed by atoms with Crippen LogP contribution >= 0.6 is 0 Å². The average molecular weight is 416 g/mol. The second kappa shape index (κ2) is 4.76. The molecule has 0 aromatic heterocycles. The van der Waals surface area contributed by atoms with Gasteiger partial charge >= 0.3 is 47.8 Å². The number of ether oxygens (including phenoxy) is 1. The third-order valence-corrected chi connectivity index (χ3v) is 3.06. The molecule has 0 aliphatic carbocycles. The first kappa shape index (κ1) is 21.9. The number of alkyl halides is 16. The molecule has 1 aliphatic heterocycles. The highest BCUT2D eigenvalue weighted by atomic mass is 19.4. The second-order valence-electron chi connectivity index (χ2n) is 4.59. The molecular weight excluding hydrogens is 416 g/mol.